The molecular formula is C16H27N3. The van der Waals surface area contributed by atoms with Gasteiger partial charge in [-0.1, -0.05) is 13.8 Å². The molecule has 0 bridgehead atoms. The van der Waals surface area contributed by atoms with Crippen molar-refractivity contribution in [3.63, 3.8) is 0 Å². The molecule has 1 saturated heterocycles. The number of nitrogens with zero attached hydrogens (tertiary/aromatic N) is 2. The van der Waals surface area contributed by atoms with E-state index in [0.717, 1.165) is 30.6 Å². The summed E-state index contributed by atoms with van der Waals surface area (Å²) in [6.45, 7) is 9.63. The predicted molar refractivity (Wildman–Crippen MR) is 81.3 cm³/mol. The Morgan fingerprint density at radius 3 is 2.84 bits per heavy atom. The van der Waals surface area contributed by atoms with Crippen molar-refractivity contribution in [2.45, 2.75) is 46.6 Å². The molecule has 0 amide bonds. The Morgan fingerprint density at radius 1 is 1.37 bits per heavy atom. The van der Waals surface area contributed by atoms with Crippen molar-refractivity contribution in [1.29, 1.82) is 0 Å². The lowest BCUT2D eigenvalue weighted by Gasteiger charge is -2.26. The van der Waals surface area contributed by atoms with Crippen LogP contribution in [0.15, 0.2) is 12.3 Å². The number of pyridine rings is 1. The fraction of sp³-hybridized carbons (Fsp3) is 0.688. The topological polar surface area (TPSA) is 42.1 Å². The molecule has 3 nitrogen and oxygen atoms in total. The number of nitrogens with two attached hydrogens (primary N) is 1. The van der Waals surface area contributed by atoms with Crippen LogP contribution in [0.4, 0.5) is 5.69 Å². The van der Waals surface area contributed by atoms with Gasteiger partial charge in [-0.15, -0.1) is 0 Å². The van der Waals surface area contributed by atoms with E-state index in [4.69, 9.17) is 5.73 Å². The Kier molecular flexibility index (Phi) is 4.81. The Hall–Kier alpha value is -1.09. The van der Waals surface area contributed by atoms with Crippen LogP contribution >= 0.6 is 0 Å². The first-order valence-electron chi connectivity index (χ1n) is 7.52. The summed E-state index contributed by atoms with van der Waals surface area (Å²) < 4.78 is 0. The average Bonchev–Trinajstić information content (AvgIpc) is 2.64. The summed E-state index contributed by atoms with van der Waals surface area (Å²) in [6.07, 6.45) is 5.88. The first-order chi connectivity index (χ1) is 9.11. The van der Waals surface area contributed by atoms with Crippen LogP contribution in [-0.4, -0.2) is 18.1 Å². The molecular weight excluding hydrogens is 234 g/mol. The third-order valence-corrected chi connectivity index (χ3v) is 4.37. The van der Waals surface area contributed by atoms with E-state index in [1.165, 1.54) is 30.5 Å². The molecule has 0 aliphatic carbocycles. The van der Waals surface area contributed by atoms with Gasteiger partial charge in [-0.25, -0.2) is 0 Å². The molecule has 2 heterocycles. The average molecular weight is 261 g/mol. The highest BCUT2D eigenvalue weighted by Crippen LogP contribution is 2.29. The van der Waals surface area contributed by atoms with Gasteiger partial charge in [-0.2, -0.15) is 0 Å². The molecule has 1 aromatic rings. The van der Waals surface area contributed by atoms with Crippen molar-refractivity contribution < 1.29 is 0 Å². The van der Waals surface area contributed by atoms with E-state index >= 15 is 0 Å². The molecule has 1 aliphatic rings. The van der Waals surface area contributed by atoms with Crippen LogP contribution in [0.3, 0.4) is 0 Å². The molecule has 2 rings (SSSR count). The van der Waals surface area contributed by atoms with Crippen molar-refractivity contribution in [2.75, 3.05) is 18.0 Å². The lowest BCUT2D eigenvalue weighted by molar-refractivity contribution is 0.351. The van der Waals surface area contributed by atoms with Crippen molar-refractivity contribution in [3.8, 4) is 0 Å². The minimum atomic E-state index is 0.576. The van der Waals surface area contributed by atoms with Crippen LogP contribution in [0.2, 0.25) is 0 Å². The molecule has 19 heavy (non-hydrogen) atoms. The van der Waals surface area contributed by atoms with Crippen LogP contribution in [0.25, 0.3) is 0 Å². The van der Waals surface area contributed by atoms with Gasteiger partial charge in [0.1, 0.15) is 0 Å². The molecule has 1 fully saturated rings. The van der Waals surface area contributed by atoms with E-state index in [0.29, 0.717) is 6.54 Å². The fourth-order valence-electron chi connectivity index (χ4n) is 3.06. The summed E-state index contributed by atoms with van der Waals surface area (Å²) in [5.41, 5.74) is 9.42. The summed E-state index contributed by atoms with van der Waals surface area (Å²) in [6, 6.07) is 2.19. The number of hydrogen-bond donors (Lipinski definition) is 1. The standard InChI is InChI=1S/C16H27N3/c1-12(2)14-5-4-7-19(8-6-14)16-9-13(3)18-11-15(16)10-17/h9,11-12,14H,4-8,10,17H2,1-3H3. The normalized spacial score (nSPS) is 20.7. The van der Waals surface area contributed by atoms with E-state index in [1.807, 2.05) is 6.20 Å². The molecule has 0 saturated carbocycles. The molecule has 2 N–H and O–H groups in total. The number of aromatic nitrogens is 1. The van der Waals surface area contributed by atoms with Crippen molar-refractivity contribution >= 4 is 5.69 Å². The molecule has 1 atom stereocenters. The van der Waals surface area contributed by atoms with Crippen LogP contribution < -0.4 is 10.6 Å². The minimum Gasteiger partial charge on any atom is -0.371 e. The van der Waals surface area contributed by atoms with Crippen molar-refractivity contribution in [1.82, 2.24) is 4.98 Å². The van der Waals surface area contributed by atoms with Gasteiger partial charge in [0, 0.05) is 42.8 Å². The number of rotatable bonds is 3. The van der Waals surface area contributed by atoms with Crippen LogP contribution in [0.1, 0.15) is 44.4 Å². The molecule has 0 spiro atoms. The maximum atomic E-state index is 5.86. The molecule has 1 aliphatic heterocycles. The van der Waals surface area contributed by atoms with Gasteiger partial charge in [0.05, 0.1) is 0 Å². The third-order valence-electron chi connectivity index (χ3n) is 4.37. The molecule has 0 aromatic carbocycles. The fourth-order valence-corrected chi connectivity index (χ4v) is 3.06. The van der Waals surface area contributed by atoms with E-state index in [-0.39, 0.29) is 0 Å². The summed E-state index contributed by atoms with van der Waals surface area (Å²) in [5, 5.41) is 0. The maximum Gasteiger partial charge on any atom is 0.0445 e. The lowest BCUT2D eigenvalue weighted by atomic mass is 9.89. The zero-order chi connectivity index (χ0) is 13.8. The third kappa shape index (κ3) is 3.47. The Bertz CT molecular complexity index is 414. The van der Waals surface area contributed by atoms with Gasteiger partial charge in [-0.05, 0) is 44.1 Å². The first kappa shape index (κ1) is 14.3. The smallest absolute Gasteiger partial charge is 0.0445 e. The van der Waals surface area contributed by atoms with Gasteiger partial charge < -0.3 is 10.6 Å². The second-order valence-corrected chi connectivity index (χ2v) is 6.08. The highest BCUT2D eigenvalue weighted by molar-refractivity contribution is 5.53. The second-order valence-electron chi connectivity index (χ2n) is 6.08. The Labute approximate surface area is 117 Å². The van der Waals surface area contributed by atoms with Gasteiger partial charge in [0.25, 0.3) is 0 Å². The summed E-state index contributed by atoms with van der Waals surface area (Å²) in [5.74, 6) is 1.67. The highest BCUT2D eigenvalue weighted by atomic mass is 15.1. The minimum absolute atomic E-state index is 0.576. The zero-order valence-corrected chi connectivity index (χ0v) is 12.5. The van der Waals surface area contributed by atoms with Gasteiger partial charge in [0.15, 0.2) is 0 Å². The first-order valence-corrected chi connectivity index (χ1v) is 7.52. The SMILES string of the molecule is Cc1cc(N2CCCC(C(C)C)CC2)c(CN)cn1. The largest absolute Gasteiger partial charge is 0.371 e. The van der Waals surface area contributed by atoms with E-state index in [9.17, 15) is 0 Å². The Morgan fingerprint density at radius 2 is 2.16 bits per heavy atom. The number of hydrogen-bond acceptors (Lipinski definition) is 3. The van der Waals surface area contributed by atoms with E-state index in [2.05, 4.69) is 36.7 Å². The molecule has 1 aromatic heterocycles. The van der Waals surface area contributed by atoms with Crippen LogP contribution in [0, 0.1) is 18.8 Å². The Balaban J connectivity index is 2.16. The summed E-state index contributed by atoms with van der Waals surface area (Å²) in [7, 11) is 0. The molecule has 1 unspecified atom stereocenters. The summed E-state index contributed by atoms with van der Waals surface area (Å²) >= 11 is 0. The second kappa shape index (κ2) is 6.38. The molecule has 106 valence electrons. The summed E-state index contributed by atoms with van der Waals surface area (Å²) in [4.78, 5) is 6.88. The zero-order valence-electron chi connectivity index (χ0n) is 12.5. The van der Waals surface area contributed by atoms with Gasteiger partial charge in [-0.3, -0.25) is 4.98 Å². The number of aryl methyl sites for hydroxylation is 1. The van der Waals surface area contributed by atoms with E-state index < -0.39 is 0 Å². The molecule has 0 radical (unpaired) electrons. The highest BCUT2D eigenvalue weighted by Gasteiger charge is 2.20. The van der Waals surface area contributed by atoms with Crippen LogP contribution in [-0.2, 0) is 6.54 Å². The van der Waals surface area contributed by atoms with Crippen molar-refractivity contribution in [3.05, 3.63) is 23.5 Å². The van der Waals surface area contributed by atoms with Gasteiger partial charge in [0.2, 0.25) is 0 Å². The van der Waals surface area contributed by atoms with Crippen LogP contribution in [0.5, 0.6) is 0 Å². The monoisotopic (exact) mass is 261 g/mol. The quantitative estimate of drug-likeness (QED) is 0.909. The number of anilines is 1. The van der Waals surface area contributed by atoms with E-state index in [1.54, 1.807) is 0 Å². The van der Waals surface area contributed by atoms with Gasteiger partial charge >= 0.3 is 0 Å². The predicted octanol–water partition coefficient (Wildman–Crippen LogP) is 3.11. The maximum absolute atomic E-state index is 5.86. The van der Waals surface area contributed by atoms with Crippen molar-refractivity contribution in [2.24, 2.45) is 17.6 Å². The lowest BCUT2D eigenvalue weighted by Crippen LogP contribution is -2.26. The molecule has 3 heteroatoms.